The fourth-order valence-electron chi connectivity index (χ4n) is 3.64. The summed E-state index contributed by atoms with van der Waals surface area (Å²) in [6, 6.07) is 12.5. The maximum Gasteiger partial charge on any atom is 0.257 e. The molecule has 0 bridgehead atoms. The normalized spacial score (nSPS) is 13.9. The Morgan fingerprint density at radius 3 is 2.48 bits per heavy atom. The number of hydrogen-bond donors (Lipinski definition) is 2. The Labute approximate surface area is 196 Å². The lowest BCUT2D eigenvalue weighted by molar-refractivity contribution is 0.0927. The molecule has 0 heterocycles. The summed E-state index contributed by atoms with van der Waals surface area (Å²) in [5.74, 6) is 0.168. The van der Waals surface area contributed by atoms with Crippen molar-refractivity contribution in [3.05, 3.63) is 58.1 Å². The number of carbonyl (C=O) groups is 2. The zero-order valence-electron chi connectivity index (χ0n) is 17.6. The number of amides is 2. The van der Waals surface area contributed by atoms with Crippen LogP contribution in [0.15, 0.2) is 46.9 Å². The van der Waals surface area contributed by atoms with Gasteiger partial charge in [-0.15, -0.1) is 0 Å². The van der Waals surface area contributed by atoms with Gasteiger partial charge in [0.25, 0.3) is 11.8 Å². The number of ether oxygens (including phenoxy) is 1. The van der Waals surface area contributed by atoms with Gasteiger partial charge in [0.2, 0.25) is 0 Å². The van der Waals surface area contributed by atoms with E-state index in [2.05, 4.69) is 26.6 Å². The molecular weight excluding hydrogens is 478 g/mol. The van der Waals surface area contributed by atoms with Crippen molar-refractivity contribution in [2.45, 2.75) is 38.1 Å². The Bertz CT molecular complexity index is 976. The third kappa shape index (κ3) is 5.83. The molecule has 2 amide bonds. The van der Waals surface area contributed by atoms with E-state index in [1.807, 2.05) is 18.2 Å². The first-order chi connectivity index (χ1) is 14.9. The Balaban J connectivity index is 1.71. The minimum absolute atomic E-state index is 0.123. The fraction of sp³-hybridized carbons (Fsp3) is 0.348. The number of anilines is 1. The SMILES string of the molecule is COc1ccc(C(=O)NC(=S)N(C)c2ccccc2C(=O)NC2CCCCC2)cc1Br. The molecule has 31 heavy (non-hydrogen) atoms. The fourth-order valence-corrected chi connectivity index (χ4v) is 4.37. The van der Waals surface area contributed by atoms with Crippen molar-refractivity contribution < 1.29 is 14.3 Å². The predicted molar refractivity (Wildman–Crippen MR) is 130 cm³/mol. The topological polar surface area (TPSA) is 70.7 Å². The predicted octanol–water partition coefficient (Wildman–Crippen LogP) is 4.67. The lowest BCUT2D eigenvalue weighted by atomic mass is 9.95. The van der Waals surface area contributed by atoms with Gasteiger partial charge in [0.05, 0.1) is 22.8 Å². The van der Waals surface area contributed by atoms with Crippen LogP contribution in [-0.4, -0.2) is 37.1 Å². The molecule has 1 aliphatic rings. The van der Waals surface area contributed by atoms with E-state index in [9.17, 15) is 9.59 Å². The Kier molecular flexibility index (Phi) is 8.03. The van der Waals surface area contributed by atoms with Crippen molar-refractivity contribution in [3.63, 3.8) is 0 Å². The molecule has 6 nitrogen and oxygen atoms in total. The van der Waals surface area contributed by atoms with Gasteiger partial charge in [0.1, 0.15) is 5.75 Å². The molecule has 0 aliphatic heterocycles. The number of halogens is 1. The van der Waals surface area contributed by atoms with Gasteiger partial charge < -0.3 is 15.0 Å². The average Bonchev–Trinajstić information content (AvgIpc) is 2.79. The first kappa shape index (κ1) is 23.2. The van der Waals surface area contributed by atoms with Crippen molar-refractivity contribution in [2.75, 3.05) is 19.1 Å². The maximum absolute atomic E-state index is 12.9. The highest BCUT2D eigenvalue weighted by Crippen LogP contribution is 2.26. The van der Waals surface area contributed by atoms with E-state index in [-0.39, 0.29) is 23.0 Å². The van der Waals surface area contributed by atoms with Gasteiger partial charge in [-0.2, -0.15) is 0 Å². The summed E-state index contributed by atoms with van der Waals surface area (Å²) in [4.78, 5) is 27.2. The van der Waals surface area contributed by atoms with Crippen molar-refractivity contribution in [3.8, 4) is 5.75 Å². The number of nitrogens with zero attached hydrogens (tertiary/aromatic N) is 1. The first-order valence-corrected chi connectivity index (χ1v) is 11.4. The molecule has 164 valence electrons. The molecule has 0 aromatic heterocycles. The summed E-state index contributed by atoms with van der Waals surface area (Å²) in [6.45, 7) is 0. The van der Waals surface area contributed by atoms with Gasteiger partial charge in [-0.05, 0) is 71.3 Å². The monoisotopic (exact) mass is 503 g/mol. The van der Waals surface area contributed by atoms with Crippen LogP contribution >= 0.6 is 28.1 Å². The maximum atomic E-state index is 12.9. The van der Waals surface area contributed by atoms with Gasteiger partial charge >= 0.3 is 0 Å². The highest BCUT2D eigenvalue weighted by atomic mass is 79.9. The molecule has 1 fully saturated rings. The summed E-state index contributed by atoms with van der Waals surface area (Å²) in [5.41, 5.74) is 1.60. The summed E-state index contributed by atoms with van der Waals surface area (Å²) < 4.78 is 5.87. The van der Waals surface area contributed by atoms with E-state index in [0.717, 1.165) is 25.7 Å². The van der Waals surface area contributed by atoms with Crippen molar-refractivity contribution >= 4 is 50.8 Å². The number of benzene rings is 2. The summed E-state index contributed by atoms with van der Waals surface area (Å²) in [7, 11) is 3.30. The molecule has 2 aromatic rings. The van der Waals surface area contributed by atoms with E-state index < -0.39 is 0 Å². The molecule has 0 spiro atoms. The quantitative estimate of drug-likeness (QED) is 0.580. The standard InChI is InChI=1S/C23H26BrN3O3S/c1-27(23(31)26-21(28)15-12-13-20(30-2)18(24)14-15)19-11-7-6-10-17(19)22(29)25-16-8-4-3-5-9-16/h6-7,10-14,16H,3-5,8-9H2,1-2H3,(H,25,29)(H,26,28,31). The highest BCUT2D eigenvalue weighted by Gasteiger charge is 2.21. The van der Waals surface area contributed by atoms with E-state index in [1.165, 1.54) is 6.42 Å². The lowest BCUT2D eigenvalue weighted by Crippen LogP contribution is -2.42. The third-order valence-electron chi connectivity index (χ3n) is 5.39. The number of nitrogens with one attached hydrogen (secondary N) is 2. The molecule has 0 unspecified atom stereocenters. The van der Waals surface area contributed by atoms with E-state index in [4.69, 9.17) is 17.0 Å². The second-order valence-corrected chi connectivity index (χ2v) is 8.73. The van der Waals surface area contributed by atoms with Crippen molar-refractivity contribution in [1.82, 2.24) is 10.6 Å². The van der Waals surface area contributed by atoms with E-state index in [0.29, 0.717) is 27.0 Å². The number of rotatable bonds is 5. The van der Waals surface area contributed by atoms with Crippen LogP contribution in [-0.2, 0) is 0 Å². The number of hydrogen-bond acceptors (Lipinski definition) is 4. The summed E-state index contributed by atoms with van der Waals surface area (Å²) in [6.07, 6.45) is 5.53. The second kappa shape index (κ2) is 10.7. The van der Waals surface area contributed by atoms with Crippen LogP contribution < -0.4 is 20.3 Å². The van der Waals surface area contributed by atoms with Crippen LogP contribution in [0, 0.1) is 0 Å². The van der Waals surface area contributed by atoms with Crippen molar-refractivity contribution in [1.29, 1.82) is 0 Å². The van der Waals surface area contributed by atoms with E-state index >= 15 is 0 Å². The van der Waals surface area contributed by atoms with Crippen LogP contribution in [0.25, 0.3) is 0 Å². The molecule has 0 saturated heterocycles. The molecule has 2 aromatic carbocycles. The van der Waals surface area contributed by atoms with Crippen molar-refractivity contribution in [2.24, 2.45) is 0 Å². The van der Waals surface area contributed by atoms with Gasteiger partial charge in [-0.25, -0.2) is 0 Å². The smallest absolute Gasteiger partial charge is 0.257 e. The molecule has 8 heteroatoms. The van der Waals surface area contributed by atoms with Gasteiger partial charge in [0.15, 0.2) is 5.11 Å². The van der Waals surface area contributed by atoms with Gasteiger partial charge in [-0.3, -0.25) is 14.9 Å². The molecule has 0 radical (unpaired) electrons. The molecule has 1 aliphatic carbocycles. The molecule has 0 atom stereocenters. The number of methoxy groups -OCH3 is 1. The van der Waals surface area contributed by atoms with E-state index in [1.54, 1.807) is 43.3 Å². The number of carbonyl (C=O) groups excluding carboxylic acids is 2. The minimum Gasteiger partial charge on any atom is -0.496 e. The molecule has 3 rings (SSSR count). The number of para-hydroxylation sites is 1. The van der Waals surface area contributed by atoms with Crippen LogP contribution in [0.2, 0.25) is 0 Å². The van der Waals surface area contributed by atoms with Crippen LogP contribution in [0.5, 0.6) is 5.75 Å². The Morgan fingerprint density at radius 2 is 1.81 bits per heavy atom. The van der Waals surface area contributed by atoms with Crippen LogP contribution in [0.4, 0.5) is 5.69 Å². The van der Waals surface area contributed by atoms with Gasteiger partial charge in [-0.1, -0.05) is 31.4 Å². The largest absolute Gasteiger partial charge is 0.496 e. The average molecular weight is 504 g/mol. The first-order valence-electron chi connectivity index (χ1n) is 10.2. The molecular formula is C23H26BrN3O3S. The summed E-state index contributed by atoms with van der Waals surface area (Å²) >= 11 is 8.83. The molecule has 2 N–H and O–H groups in total. The zero-order valence-corrected chi connectivity index (χ0v) is 20.0. The Hall–Kier alpha value is -2.45. The lowest BCUT2D eigenvalue weighted by Gasteiger charge is -2.26. The van der Waals surface area contributed by atoms with Gasteiger partial charge in [0, 0.05) is 18.7 Å². The van der Waals surface area contributed by atoms with Crippen LogP contribution in [0.1, 0.15) is 52.8 Å². The summed E-state index contributed by atoms with van der Waals surface area (Å²) in [5, 5.41) is 6.08. The van der Waals surface area contributed by atoms with Crippen LogP contribution in [0.3, 0.4) is 0 Å². The second-order valence-electron chi connectivity index (χ2n) is 7.49. The molecule has 1 saturated carbocycles. The third-order valence-corrected chi connectivity index (χ3v) is 6.39. The minimum atomic E-state index is -0.343. The Morgan fingerprint density at radius 1 is 1.10 bits per heavy atom. The number of thiocarbonyl (C=S) groups is 1. The zero-order chi connectivity index (χ0) is 22.4. The highest BCUT2D eigenvalue weighted by molar-refractivity contribution is 9.10.